The molecule has 4 rings (SSSR count). The topological polar surface area (TPSA) is 74.8 Å². The SMILES string of the molecule is C=CC(=O)Nc1cccc(N(C=O)c2ccncc2N(C)c2ccc(Oc3cccc(Cl)c3)c(F)c2)c1. The van der Waals surface area contributed by atoms with Crippen molar-refractivity contribution < 1.29 is 18.7 Å². The normalized spacial score (nSPS) is 10.4. The number of nitrogens with zero attached hydrogens (tertiary/aromatic N) is 3. The summed E-state index contributed by atoms with van der Waals surface area (Å²) < 4.78 is 20.6. The van der Waals surface area contributed by atoms with E-state index in [0.29, 0.717) is 45.6 Å². The van der Waals surface area contributed by atoms with E-state index in [2.05, 4.69) is 16.9 Å². The van der Waals surface area contributed by atoms with E-state index >= 15 is 0 Å². The van der Waals surface area contributed by atoms with Crippen molar-refractivity contribution in [3.05, 3.63) is 109 Å². The molecule has 1 N–H and O–H groups in total. The third kappa shape index (κ3) is 5.94. The molecule has 0 aliphatic carbocycles. The maximum absolute atomic E-state index is 15.0. The van der Waals surface area contributed by atoms with Gasteiger partial charge in [-0.1, -0.05) is 30.3 Å². The first-order chi connectivity index (χ1) is 17.9. The van der Waals surface area contributed by atoms with Crippen LogP contribution in [-0.4, -0.2) is 24.3 Å². The molecule has 0 saturated heterocycles. The maximum Gasteiger partial charge on any atom is 0.247 e. The Hall–Kier alpha value is -4.69. The van der Waals surface area contributed by atoms with Crippen LogP contribution >= 0.6 is 11.6 Å². The molecule has 0 aliphatic heterocycles. The number of hydrogen-bond acceptors (Lipinski definition) is 5. The fraction of sp³-hybridized carbons (Fsp3) is 0.0357. The molecule has 0 atom stereocenters. The zero-order valence-electron chi connectivity index (χ0n) is 19.8. The van der Waals surface area contributed by atoms with Crippen LogP contribution in [-0.2, 0) is 9.59 Å². The smallest absolute Gasteiger partial charge is 0.247 e. The number of rotatable bonds is 9. The average molecular weight is 517 g/mol. The third-order valence-corrected chi connectivity index (χ3v) is 5.64. The number of amides is 2. The zero-order valence-corrected chi connectivity index (χ0v) is 20.5. The fourth-order valence-electron chi connectivity index (χ4n) is 3.60. The van der Waals surface area contributed by atoms with Crippen LogP contribution in [0.4, 0.5) is 32.8 Å². The number of aromatic nitrogens is 1. The molecule has 0 spiro atoms. The van der Waals surface area contributed by atoms with Crippen LogP contribution in [0.15, 0.2) is 97.8 Å². The summed E-state index contributed by atoms with van der Waals surface area (Å²) in [5, 5.41) is 3.15. The van der Waals surface area contributed by atoms with Gasteiger partial charge in [0.2, 0.25) is 12.3 Å². The van der Waals surface area contributed by atoms with Gasteiger partial charge in [-0.15, -0.1) is 0 Å². The van der Waals surface area contributed by atoms with E-state index in [4.69, 9.17) is 16.3 Å². The Morgan fingerprint density at radius 3 is 2.59 bits per heavy atom. The summed E-state index contributed by atoms with van der Waals surface area (Å²) in [4.78, 5) is 31.2. The second kappa shape index (κ2) is 11.4. The third-order valence-electron chi connectivity index (χ3n) is 5.41. The Labute approximate surface area is 218 Å². The number of anilines is 5. The second-order valence-corrected chi connectivity index (χ2v) is 8.25. The summed E-state index contributed by atoms with van der Waals surface area (Å²) in [5.74, 6) is -0.495. The average Bonchev–Trinajstić information content (AvgIpc) is 2.90. The van der Waals surface area contributed by atoms with Crippen molar-refractivity contribution in [3.8, 4) is 11.5 Å². The van der Waals surface area contributed by atoms with Crippen LogP contribution in [0.1, 0.15) is 0 Å². The van der Waals surface area contributed by atoms with E-state index in [1.165, 1.54) is 17.0 Å². The summed E-state index contributed by atoms with van der Waals surface area (Å²) in [5.41, 5.74) is 2.55. The van der Waals surface area contributed by atoms with Crippen LogP contribution in [0, 0.1) is 5.82 Å². The minimum Gasteiger partial charge on any atom is -0.454 e. The Morgan fingerprint density at radius 1 is 1.05 bits per heavy atom. The predicted octanol–water partition coefficient (Wildman–Crippen LogP) is 6.85. The van der Waals surface area contributed by atoms with Crippen LogP contribution in [0.3, 0.4) is 0 Å². The van der Waals surface area contributed by atoms with E-state index < -0.39 is 5.82 Å². The van der Waals surface area contributed by atoms with Gasteiger partial charge in [-0.2, -0.15) is 0 Å². The van der Waals surface area contributed by atoms with Gasteiger partial charge in [0.1, 0.15) is 5.75 Å². The monoisotopic (exact) mass is 516 g/mol. The van der Waals surface area contributed by atoms with Crippen molar-refractivity contribution in [2.45, 2.75) is 0 Å². The van der Waals surface area contributed by atoms with Crippen LogP contribution in [0.2, 0.25) is 5.02 Å². The summed E-state index contributed by atoms with van der Waals surface area (Å²) >= 11 is 5.98. The van der Waals surface area contributed by atoms with Crippen molar-refractivity contribution in [1.29, 1.82) is 0 Å². The molecule has 0 bridgehead atoms. The number of ether oxygens (including phenoxy) is 1. The van der Waals surface area contributed by atoms with Crippen molar-refractivity contribution >= 4 is 52.4 Å². The molecular weight excluding hydrogens is 495 g/mol. The Balaban J connectivity index is 1.64. The highest BCUT2D eigenvalue weighted by atomic mass is 35.5. The largest absolute Gasteiger partial charge is 0.454 e. The van der Waals surface area contributed by atoms with Gasteiger partial charge >= 0.3 is 0 Å². The molecule has 37 heavy (non-hydrogen) atoms. The molecule has 2 amide bonds. The van der Waals surface area contributed by atoms with Gasteiger partial charge in [-0.3, -0.25) is 19.5 Å². The lowest BCUT2D eigenvalue weighted by Gasteiger charge is -2.27. The van der Waals surface area contributed by atoms with Gasteiger partial charge in [0, 0.05) is 35.7 Å². The minimum absolute atomic E-state index is 0.0405. The van der Waals surface area contributed by atoms with E-state index in [-0.39, 0.29) is 11.7 Å². The molecule has 1 heterocycles. The Kier molecular flexibility index (Phi) is 7.80. The molecule has 9 heteroatoms. The molecule has 0 unspecified atom stereocenters. The van der Waals surface area contributed by atoms with Crippen LogP contribution in [0.5, 0.6) is 11.5 Å². The molecule has 0 radical (unpaired) electrons. The highest BCUT2D eigenvalue weighted by Crippen LogP contribution is 2.37. The number of carbonyl (C=O) groups is 2. The maximum atomic E-state index is 15.0. The quantitative estimate of drug-likeness (QED) is 0.194. The first-order valence-corrected chi connectivity index (χ1v) is 11.5. The first-order valence-electron chi connectivity index (χ1n) is 11.1. The van der Waals surface area contributed by atoms with Crippen molar-refractivity contribution in [3.63, 3.8) is 0 Å². The van der Waals surface area contributed by atoms with Gasteiger partial charge in [-0.25, -0.2) is 4.39 Å². The number of hydrogen-bond donors (Lipinski definition) is 1. The van der Waals surface area contributed by atoms with Crippen LogP contribution < -0.4 is 19.9 Å². The summed E-state index contributed by atoms with van der Waals surface area (Å²) in [6.07, 6.45) is 4.94. The number of pyridine rings is 1. The number of benzene rings is 3. The van der Waals surface area contributed by atoms with Gasteiger partial charge < -0.3 is 15.0 Å². The van der Waals surface area contributed by atoms with Gasteiger partial charge in [0.05, 0.1) is 23.3 Å². The minimum atomic E-state index is -0.576. The summed E-state index contributed by atoms with van der Waals surface area (Å²) in [6.45, 7) is 3.44. The molecule has 3 aromatic carbocycles. The van der Waals surface area contributed by atoms with Gasteiger partial charge in [0.25, 0.3) is 0 Å². The molecule has 0 saturated carbocycles. The molecule has 1 aromatic heterocycles. The van der Waals surface area contributed by atoms with Crippen LogP contribution in [0.25, 0.3) is 0 Å². The van der Waals surface area contributed by atoms with E-state index in [0.717, 1.165) is 6.08 Å². The predicted molar refractivity (Wildman–Crippen MR) is 144 cm³/mol. The molecule has 7 nitrogen and oxygen atoms in total. The molecule has 0 fully saturated rings. The van der Waals surface area contributed by atoms with Gasteiger partial charge in [0.15, 0.2) is 11.6 Å². The van der Waals surface area contributed by atoms with E-state index in [1.807, 2.05) is 0 Å². The van der Waals surface area contributed by atoms with Crippen molar-refractivity contribution in [1.82, 2.24) is 4.98 Å². The standard InChI is InChI=1S/C28H22ClFN4O3/c1-3-28(36)32-20-7-5-8-22(15-20)34(18-35)25-12-13-31-17-26(25)33(2)21-10-11-27(24(30)16-21)37-23-9-4-6-19(29)14-23/h3-18H,1H2,2H3,(H,32,36). The summed E-state index contributed by atoms with van der Waals surface area (Å²) in [6, 6.07) is 19.7. The number of nitrogens with one attached hydrogen (secondary N) is 1. The fourth-order valence-corrected chi connectivity index (χ4v) is 3.78. The highest BCUT2D eigenvalue weighted by molar-refractivity contribution is 6.30. The summed E-state index contributed by atoms with van der Waals surface area (Å²) in [7, 11) is 1.73. The van der Waals surface area contributed by atoms with Gasteiger partial charge in [-0.05, 0) is 60.7 Å². The van der Waals surface area contributed by atoms with Crippen molar-refractivity contribution in [2.24, 2.45) is 0 Å². The molecule has 0 aliphatic rings. The highest BCUT2D eigenvalue weighted by Gasteiger charge is 2.18. The Bertz CT molecular complexity index is 1460. The molecule has 186 valence electrons. The number of carbonyl (C=O) groups excluding carboxylic acids is 2. The molecule has 4 aromatic rings. The lowest BCUT2D eigenvalue weighted by atomic mass is 10.2. The molecular formula is C28H22ClFN4O3. The number of halogens is 2. The zero-order chi connectivity index (χ0) is 26.4. The Morgan fingerprint density at radius 2 is 1.86 bits per heavy atom. The van der Waals surface area contributed by atoms with E-state index in [9.17, 15) is 14.0 Å². The van der Waals surface area contributed by atoms with Crippen molar-refractivity contribution in [2.75, 3.05) is 22.2 Å². The first kappa shape index (κ1) is 25.4. The second-order valence-electron chi connectivity index (χ2n) is 7.82. The lowest BCUT2D eigenvalue weighted by molar-refractivity contribution is -0.112. The lowest BCUT2D eigenvalue weighted by Crippen LogP contribution is -2.19. The van der Waals surface area contributed by atoms with E-state index in [1.54, 1.807) is 85.0 Å².